The highest BCUT2D eigenvalue weighted by molar-refractivity contribution is 6.34. The number of halogens is 1. The quantitative estimate of drug-likeness (QED) is 0.131. The number of carboxylic acid groups (broad SMARTS) is 1. The number of likely N-dealkylation sites (tertiary alicyclic amines) is 1. The van der Waals surface area contributed by atoms with E-state index in [0.29, 0.717) is 60.7 Å². The van der Waals surface area contributed by atoms with Gasteiger partial charge in [-0.3, -0.25) is 4.98 Å². The van der Waals surface area contributed by atoms with Crippen molar-refractivity contribution >= 4 is 17.6 Å². The number of hydrogen-bond acceptors (Lipinski definition) is 9. The number of aromatic nitrogens is 1. The molecule has 1 saturated heterocycles. The molecule has 0 atom stereocenters. The smallest absolute Gasteiger partial charge is 0.335 e. The average molecular weight is 685 g/mol. The number of rotatable bonds is 14. The van der Waals surface area contributed by atoms with Gasteiger partial charge in [0.25, 0.3) is 0 Å². The minimum atomic E-state index is -1.62. The van der Waals surface area contributed by atoms with Crippen molar-refractivity contribution < 1.29 is 29.2 Å². The zero-order chi connectivity index (χ0) is 35.0. The minimum absolute atomic E-state index is 0.217. The van der Waals surface area contributed by atoms with E-state index in [0.717, 1.165) is 51.9 Å². The summed E-state index contributed by atoms with van der Waals surface area (Å²) in [5.41, 5.74) is 11.3. The highest BCUT2D eigenvalue weighted by Crippen LogP contribution is 2.38. The second-order valence-electron chi connectivity index (χ2n) is 12.3. The maximum absolute atomic E-state index is 11.3. The van der Waals surface area contributed by atoms with Crippen molar-refractivity contribution in [3.63, 3.8) is 0 Å². The fourth-order valence-electron chi connectivity index (χ4n) is 5.92. The van der Waals surface area contributed by atoms with Gasteiger partial charge in [-0.2, -0.15) is 5.26 Å². The molecule has 5 rings (SSSR count). The van der Waals surface area contributed by atoms with E-state index in [1.807, 2.05) is 62.4 Å². The van der Waals surface area contributed by atoms with E-state index >= 15 is 0 Å². The molecule has 10 nitrogen and oxygen atoms in total. The highest BCUT2D eigenvalue weighted by atomic mass is 35.5. The first-order chi connectivity index (χ1) is 23.6. The summed E-state index contributed by atoms with van der Waals surface area (Å²) in [7, 11) is 0. The molecule has 256 valence electrons. The van der Waals surface area contributed by atoms with Crippen molar-refractivity contribution in [3.8, 4) is 34.4 Å². The molecule has 0 amide bonds. The molecule has 0 unspecified atom stereocenters. The number of nitrogens with zero attached hydrogens (tertiary/aromatic N) is 3. The summed E-state index contributed by atoms with van der Waals surface area (Å²) in [4.78, 5) is 17.5. The Bertz CT molecular complexity index is 1830. The summed E-state index contributed by atoms with van der Waals surface area (Å²) in [6.07, 6.45) is 4.35. The number of aryl methyl sites for hydroxylation is 1. The second-order valence-corrected chi connectivity index (χ2v) is 12.7. The number of hydrogen-bond donors (Lipinski definition) is 3. The minimum Gasteiger partial charge on any atom is -0.492 e. The topological polar surface area (TPSA) is 151 Å². The number of pyridine rings is 1. The van der Waals surface area contributed by atoms with Crippen molar-refractivity contribution in [2.24, 2.45) is 5.73 Å². The van der Waals surface area contributed by atoms with E-state index in [1.54, 1.807) is 12.3 Å². The highest BCUT2D eigenvalue weighted by Gasteiger charge is 2.39. The predicted octanol–water partition coefficient (Wildman–Crippen LogP) is 6.19. The van der Waals surface area contributed by atoms with Gasteiger partial charge in [-0.1, -0.05) is 41.9 Å². The van der Waals surface area contributed by atoms with Gasteiger partial charge in [-0.15, -0.1) is 0 Å². The van der Waals surface area contributed by atoms with Gasteiger partial charge < -0.3 is 35.1 Å². The lowest BCUT2D eigenvalue weighted by Gasteiger charge is -2.35. The number of aliphatic carboxylic acids is 1. The van der Waals surface area contributed by atoms with Crippen LogP contribution in [0, 0.1) is 25.2 Å². The average Bonchev–Trinajstić information content (AvgIpc) is 3.11. The maximum Gasteiger partial charge on any atom is 0.335 e. The Morgan fingerprint density at radius 3 is 2.45 bits per heavy atom. The molecule has 4 N–H and O–H groups in total. The number of nitriles is 1. The Kier molecular flexibility index (Phi) is 11.8. The third-order valence-electron chi connectivity index (χ3n) is 8.94. The molecular weight excluding hydrogens is 644 g/mol. The van der Waals surface area contributed by atoms with Crippen LogP contribution in [0.15, 0.2) is 67.0 Å². The van der Waals surface area contributed by atoms with Crippen LogP contribution < -0.4 is 19.9 Å². The van der Waals surface area contributed by atoms with Gasteiger partial charge in [0.15, 0.2) is 5.60 Å². The van der Waals surface area contributed by atoms with Crippen LogP contribution in [-0.2, 0) is 24.6 Å². The summed E-state index contributed by atoms with van der Waals surface area (Å²) in [5.74, 6) is 0.732. The molecule has 49 heavy (non-hydrogen) atoms. The Morgan fingerprint density at radius 1 is 0.980 bits per heavy atom. The molecule has 0 aliphatic carbocycles. The van der Waals surface area contributed by atoms with Gasteiger partial charge in [0.05, 0.1) is 17.2 Å². The molecule has 0 radical (unpaired) electrons. The van der Waals surface area contributed by atoms with Gasteiger partial charge >= 0.3 is 5.97 Å². The van der Waals surface area contributed by atoms with Gasteiger partial charge in [0.1, 0.15) is 36.5 Å². The molecular formula is C38H41ClN4O6. The Hall–Kier alpha value is -4.66. The Balaban J connectivity index is 1.22. The normalized spacial score (nSPS) is 14.2. The van der Waals surface area contributed by atoms with Crippen molar-refractivity contribution in [2.75, 3.05) is 26.2 Å². The lowest BCUT2D eigenvalue weighted by molar-refractivity contribution is -0.163. The molecule has 0 spiro atoms. The van der Waals surface area contributed by atoms with Gasteiger partial charge in [0, 0.05) is 61.3 Å². The second kappa shape index (κ2) is 16.2. The molecule has 2 heterocycles. The maximum atomic E-state index is 11.3. The van der Waals surface area contributed by atoms with Crippen LogP contribution in [0.1, 0.15) is 52.6 Å². The summed E-state index contributed by atoms with van der Waals surface area (Å²) < 4.78 is 18.5. The molecule has 1 aromatic heterocycles. The van der Waals surface area contributed by atoms with Crippen molar-refractivity contribution in [3.05, 3.63) is 105 Å². The summed E-state index contributed by atoms with van der Waals surface area (Å²) in [6, 6.07) is 19.5. The van der Waals surface area contributed by atoms with Gasteiger partial charge in [-0.05, 0) is 73.6 Å². The molecule has 4 aromatic rings. The first-order valence-corrected chi connectivity index (χ1v) is 16.6. The zero-order valence-electron chi connectivity index (χ0n) is 27.7. The van der Waals surface area contributed by atoms with E-state index in [1.165, 1.54) is 6.20 Å². The van der Waals surface area contributed by atoms with Crippen molar-refractivity contribution in [2.45, 2.75) is 58.5 Å². The van der Waals surface area contributed by atoms with E-state index in [9.17, 15) is 20.3 Å². The first kappa shape index (κ1) is 35.6. The van der Waals surface area contributed by atoms with Crippen LogP contribution in [0.4, 0.5) is 0 Å². The molecule has 0 saturated carbocycles. The van der Waals surface area contributed by atoms with E-state index in [-0.39, 0.29) is 19.4 Å². The summed E-state index contributed by atoms with van der Waals surface area (Å²) >= 11 is 6.89. The van der Waals surface area contributed by atoms with E-state index in [2.05, 4.69) is 16.0 Å². The number of benzene rings is 3. The van der Waals surface area contributed by atoms with Gasteiger partial charge in [-0.25, -0.2) is 4.79 Å². The van der Waals surface area contributed by atoms with Crippen molar-refractivity contribution in [1.82, 2.24) is 9.88 Å². The van der Waals surface area contributed by atoms with Crippen molar-refractivity contribution in [1.29, 1.82) is 5.26 Å². The number of ether oxygens (including phenoxy) is 3. The monoisotopic (exact) mass is 684 g/mol. The third-order valence-corrected chi connectivity index (χ3v) is 9.33. The molecule has 1 fully saturated rings. The number of aliphatic hydroxyl groups is 1. The fourth-order valence-corrected chi connectivity index (χ4v) is 6.20. The number of nitrogens with two attached hydrogens (primary N) is 1. The van der Waals surface area contributed by atoms with Gasteiger partial charge in [0.2, 0.25) is 0 Å². The Labute approximate surface area is 291 Å². The van der Waals surface area contributed by atoms with Crippen LogP contribution in [0.3, 0.4) is 0 Å². The first-order valence-electron chi connectivity index (χ1n) is 16.2. The molecule has 0 bridgehead atoms. The molecule has 1 aliphatic rings. The number of piperidine rings is 1. The van der Waals surface area contributed by atoms with Crippen LogP contribution in [-0.4, -0.2) is 57.9 Å². The van der Waals surface area contributed by atoms with Crippen LogP contribution >= 0.6 is 11.6 Å². The zero-order valence-corrected chi connectivity index (χ0v) is 28.5. The SMILES string of the molecule is Cc1cc(CN)c(OCc2cncc(C#N)c2)cc1OCc1cccc(-c2cccc(OCCCN3CCC(O)(C(=O)O)CC3)c2Cl)c1C. The molecule has 11 heteroatoms. The lowest BCUT2D eigenvalue weighted by atomic mass is 9.91. The van der Waals surface area contributed by atoms with Crippen LogP contribution in [0.2, 0.25) is 5.02 Å². The van der Waals surface area contributed by atoms with Crippen LogP contribution in [0.25, 0.3) is 11.1 Å². The standard InChI is InChI=1S/C38H41ClN4O6/c1-25-16-30(20-41)35(48-23-28-17-27(19-40)21-42-22-28)18-34(25)49-24-29-6-3-7-31(26(29)2)32-8-4-9-33(36(32)39)47-15-5-12-43-13-10-38(46,11-14-43)37(44)45/h3-4,6-9,16-18,21-22,46H,5,10-15,20,23-24,41H2,1-2H3,(H,44,45). The number of carbonyl (C=O) groups is 1. The van der Waals surface area contributed by atoms with Crippen LogP contribution in [0.5, 0.6) is 17.2 Å². The molecule has 1 aliphatic heterocycles. The summed E-state index contributed by atoms with van der Waals surface area (Å²) in [5, 5.41) is 29.1. The number of carboxylic acids is 1. The lowest BCUT2D eigenvalue weighted by Crippen LogP contribution is -2.49. The molecule has 3 aromatic carbocycles. The third kappa shape index (κ3) is 8.69. The Morgan fingerprint density at radius 2 is 1.71 bits per heavy atom. The van der Waals surface area contributed by atoms with E-state index in [4.69, 9.17) is 31.5 Å². The summed E-state index contributed by atoms with van der Waals surface area (Å²) in [6.45, 7) is 7.13. The van der Waals surface area contributed by atoms with E-state index < -0.39 is 11.6 Å². The predicted molar refractivity (Wildman–Crippen MR) is 187 cm³/mol. The fraction of sp³-hybridized carbons (Fsp3) is 0.342. The largest absolute Gasteiger partial charge is 0.492 e.